The summed E-state index contributed by atoms with van der Waals surface area (Å²) in [7, 11) is 1.60. The minimum atomic E-state index is -0.577. The van der Waals surface area contributed by atoms with Crippen LogP contribution in [0.15, 0.2) is 63.4 Å². The van der Waals surface area contributed by atoms with Crippen molar-refractivity contribution in [2.45, 2.75) is 53.1 Å². The van der Waals surface area contributed by atoms with Gasteiger partial charge in [0.05, 0.1) is 18.6 Å². The Morgan fingerprint density at radius 2 is 1.84 bits per heavy atom. The van der Waals surface area contributed by atoms with Crippen molar-refractivity contribution in [1.82, 2.24) is 5.32 Å². The molecule has 4 rings (SSSR count). The highest BCUT2D eigenvalue weighted by Gasteiger charge is 2.44. The Hall–Kier alpha value is -3.28. The molecule has 0 bridgehead atoms. The molecule has 6 heteroatoms. The lowest BCUT2D eigenvalue weighted by Crippen LogP contribution is -2.38. The Kier molecular flexibility index (Phi) is 5.71. The minimum absolute atomic E-state index is 0.0377. The van der Waals surface area contributed by atoms with E-state index in [1.165, 1.54) is 0 Å². The maximum absolute atomic E-state index is 13.3. The Labute approximate surface area is 188 Å². The molecular weight excluding hydrogens is 406 g/mol. The first kappa shape index (κ1) is 21.9. The quantitative estimate of drug-likeness (QED) is 0.670. The molecule has 1 aromatic carbocycles. The van der Waals surface area contributed by atoms with E-state index < -0.39 is 11.9 Å². The number of dihydropyridines is 1. The molecule has 32 heavy (non-hydrogen) atoms. The number of esters is 1. The zero-order chi connectivity index (χ0) is 23.0. The molecule has 1 aliphatic carbocycles. The Morgan fingerprint density at radius 1 is 1.12 bits per heavy atom. The highest BCUT2D eigenvalue weighted by Crippen LogP contribution is 2.47. The molecule has 2 aromatic rings. The van der Waals surface area contributed by atoms with Gasteiger partial charge in [0.25, 0.3) is 0 Å². The van der Waals surface area contributed by atoms with Crippen molar-refractivity contribution in [1.29, 1.82) is 0 Å². The molecule has 1 aromatic heterocycles. The number of ether oxygens (including phenoxy) is 2. The van der Waals surface area contributed by atoms with Gasteiger partial charge in [-0.15, -0.1) is 0 Å². The maximum Gasteiger partial charge on any atom is 0.337 e. The Balaban J connectivity index is 1.66. The van der Waals surface area contributed by atoms with Crippen LogP contribution in [0, 0.1) is 12.3 Å². The van der Waals surface area contributed by atoms with E-state index in [9.17, 15) is 9.59 Å². The molecule has 0 amide bonds. The van der Waals surface area contributed by atoms with Gasteiger partial charge in [-0.05, 0) is 55.5 Å². The van der Waals surface area contributed by atoms with E-state index in [0.29, 0.717) is 29.0 Å². The molecule has 2 aliphatic rings. The fraction of sp³-hybridized carbons (Fsp3) is 0.385. The third kappa shape index (κ3) is 4.22. The van der Waals surface area contributed by atoms with Gasteiger partial charge in [0.1, 0.15) is 23.9 Å². The molecular formula is C26H29NO5. The average molecular weight is 436 g/mol. The Bertz CT molecular complexity index is 1120. The topological polar surface area (TPSA) is 77.8 Å². The molecule has 0 radical (unpaired) electrons. The summed E-state index contributed by atoms with van der Waals surface area (Å²) in [5, 5.41) is 3.33. The second-order valence-corrected chi connectivity index (χ2v) is 9.30. The lowest BCUT2D eigenvalue weighted by Gasteiger charge is -2.38. The van der Waals surface area contributed by atoms with Crippen LogP contribution in [-0.4, -0.2) is 18.9 Å². The summed E-state index contributed by atoms with van der Waals surface area (Å²) >= 11 is 0. The fourth-order valence-electron chi connectivity index (χ4n) is 4.55. The first-order valence-electron chi connectivity index (χ1n) is 10.8. The van der Waals surface area contributed by atoms with Gasteiger partial charge in [-0.3, -0.25) is 4.79 Å². The number of ketones is 1. The van der Waals surface area contributed by atoms with Crippen LogP contribution >= 0.6 is 0 Å². The first-order valence-corrected chi connectivity index (χ1v) is 10.8. The first-order chi connectivity index (χ1) is 15.2. The van der Waals surface area contributed by atoms with Crippen molar-refractivity contribution in [3.05, 3.63) is 76.0 Å². The second kappa shape index (κ2) is 8.34. The lowest BCUT2D eigenvalue weighted by molar-refractivity contribution is -0.140. The number of furan rings is 1. The van der Waals surface area contributed by atoms with Gasteiger partial charge in [0.2, 0.25) is 0 Å². The highest BCUT2D eigenvalue weighted by molar-refractivity contribution is 6.04. The van der Waals surface area contributed by atoms with E-state index in [4.69, 9.17) is 13.9 Å². The summed E-state index contributed by atoms with van der Waals surface area (Å²) in [6, 6.07) is 11.0. The smallest absolute Gasteiger partial charge is 0.337 e. The van der Waals surface area contributed by atoms with E-state index in [1.807, 2.05) is 50.2 Å². The number of allylic oxidation sites excluding steroid dienone is 3. The van der Waals surface area contributed by atoms with E-state index in [2.05, 4.69) is 19.2 Å². The van der Waals surface area contributed by atoms with Crippen molar-refractivity contribution < 1.29 is 23.5 Å². The molecule has 1 unspecified atom stereocenters. The minimum Gasteiger partial charge on any atom is -0.497 e. The van der Waals surface area contributed by atoms with Gasteiger partial charge in [-0.2, -0.15) is 0 Å². The van der Waals surface area contributed by atoms with Gasteiger partial charge >= 0.3 is 5.97 Å². The number of Topliss-reactive ketones (excluding diaryl/α,β-unsaturated/α-hetero) is 1. The van der Waals surface area contributed by atoms with Crippen molar-refractivity contribution >= 4 is 11.8 Å². The average Bonchev–Trinajstić information content (AvgIpc) is 3.16. The second-order valence-electron chi connectivity index (χ2n) is 9.30. The van der Waals surface area contributed by atoms with Crippen LogP contribution in [0.25, 0.3) is 0 Å². The largest absolute Gasteiger partial charge is 0.497 e. The maximum atomic E-state index is 13.3. The molecule has 6 nitrogen and oxygen atoms in total. The SMILES string of the molecule is COc1ccc(COC(=O)C2=C(C)NC3=C(C(=O)CC(C)(C)C3)C2c2ccc(C)o2)cc1. The van der Waals surface area contributed by atoms with Gasteiger partial charge in [-0.1, -0.05) is 26.0 Å². The normalized spacial score (nSPS) is 20.0. The zero-order valence-electron chi connectivity index (χ0n) is 19.2. The van der Waals surface area contributed by atoms with E-state index in [1.54, 1.807) is 7.11 Å². The number of carbonyl (C=O) groups is 2. The standard InChI is InChI=1S/C26H29NO5/c1-15-6-11-21(32-15)24-22(25(29)31-14-17-7-9-18(30-5)10-8-17)16(2)27-19-12-26(3,4)13-20(28)23(19)24/h6-11,24,27H,12-14H2,1-5H3. The predicted octanol–water partition coefficient (Wildman–Crippen LogP) is 4.94. The van der Waals surface area contributed by atoms with Gasteiger partial charge in [0, 0.05) is 23.4 Å². The predicted molar refractivity (Wildman–Crippen MR) is 120 cm³/mol. The molecule has 0 saturated carbocycles. The molecule has 1 aliphatic heterocycles. The number of carbonyl (C=O) groups excluding carboxylic acids is 2. The van der Waals surface area contributed by atoms with Gasteiger partial charge in [-0.25, -0.2) is 4.79 Å². The summed E-state index contributed by atoms with van der Waals surface area (Å²) in [5.74, 6) is 1.05. The van der Waals surface area contributed by atoms with E-state index >= 15 is 0 Å². The van der Waals surface area contributed by atoms with Crippen LogP contribution in [0.2, 0.25) is 0 Å². The Morgan fingerprint density at radius 3 is 2.47 bits per heavy atom. The lowest BCUT2D eigenvalue weighted by atomic mass is 9.69. The monoisotopic (exact) mass is 435 g/mol. The summed E-state index contributed by atoms with van der Waals surface area (Å²) in [6.07, 6.45) is 1.16. The van der Waals surface area contributed by atoms with Crippen molar-refractivity contribution in [2.24, 2.45) is 5.41 Å². The summed E-state index contributed by atoms with van der Waals surface area (Å²) in [5.41, 5.74) is 3.30. The van der Waals surface area contributed by atoms with E-state index in [-0.39, 0.29) is 17.8 Å². The molecule has 2 heterocycles. The third-order valence-electron chi connectivity index (χ3n) is 6.03. The molecule has 1 atom stereocenters. The number of rotatable bonds is 5. The van der Waals surface area contributed by atoms with Gasteiger partial charge in [0.15, 0.2) is 5.78 Å². The summed E-state index contributed by atoms with van der Waals surface area (Å²) in [4.78, 5) is 26.5. The summed E-state index contributed by atoms with van der Waals surface area (Å²) < 4.78 is 16.8. The molecule has 1 N–H and O–H groups in total. The van der Waals surface area contributed by atoms with Crippen LogP contribution in [0.5, 0.6) is 5.75 Å². The molecule has 0 saturated heterocycles. The van der Waals surface area contributed by atoms with Crippen molar-refractivity contribution in [3.63, 3.8) is 0 Å². The number of aryl methyl sites for hydroxylation is 1. The van der Waals surface area contributed by atoms with Crippen LogP contribution in [0.3, 0.4) is 0 Å². The fourth-order valence-corrected chi connectivity index (χ4v) is 4.55. The van der Waals surface area contributed by atoms with Gasteiger partial charge < -0.3 is 19.2 Å². The number of methoxy groups -OCH3 is 1. The van der Waals surface area contributed by atoms with Crippen LogP contribution in [0.1, 0.15) is 56.6 Å². The van der Waals surface area contributed by atoms with E-state index in [0.717, 1.165) is 29.2 Å². The molecule has 168 valence electrons. The van der Waals surface area contributed by atoms with Crippen molar-refractivity contribution in [2.75, 3.05) is 7.11 Å². The highest BCUT2D eigenvalue weighted by atomic mass is 16.5. The molecule has 0 fully saturated rings. The van der Waals surface area contributed by atoms with Crippen LogP contribution < -0.4 is 10.1 Å². The summed E-state index contributed by atoms with van der Waals surface area (Å²) in [6.45, 7) is 7.99. The third-order valence-corrected chi connectivity index (χ3v) is 6.03. The number of hydrogen-bond acceptors (Lipinski definition) is 6. The number of nitrogens with one attached hydrogen (secondary N) is 1. The number of hydrogen-bond donors (Lipinski definition) is 1. The van der Waals surface area contributed by atoms with Crippen LogP contribution in [0.4, 0.5) is 0 Å². The zero-order valence-corrected chi connectivity index (χ0v) is 19.2. The number of benzene rings is 1. The molecule has 0 spiro atoms. The van der Waals surface area contributed by atoms with Crippen LogP contribution in [-0.2, 0) is 20.9 Å². The van der Waals surface area contributed by atoms with Crippen molar-refractivity contribution in [3.8, 4) is 5.75 Å².